The Kier molecular flexibility index (Phi) is 4.24. The van der Waals surface area contributed by atoms with E-state index in [0.29, 0.717) is 0 Å². The van der Waals surface area contributed by atoms with Crippen molar-refractivity contribution in [3.8, 4) is 0 Å². The third-order valence-electron chi connectivity index (χ3n) is 2.65. The third-order valence-corrected chi connectivity index (χ3v) is 2.65. The first-order valence-electron chi connectivity index (χ1n) is 4.53. The van der Waals surface area contributed by atoms with E-state index in [-0.39, 0.29) is 11.8 Å². The van der Waals surface area contributed by atoms with Gasteiger partial charge in [0.1, 0.15) is 0 Å². The van der Waals surface area contributed by atoms with Crippen LogP contribution in [0.4, 0.5) is 0 Å². The summed E-state index contributed by atoms with van der Waals surface area (Å²) < 4.78 is 0. The molecule has 0 fully saturated rings. The topological polar surface area (TPSA) is 55.1 Å². The average molecular weight is 172 g/mol. The Hall–Kier alpha value is -0.570. The molecule has 12 heavy (non-hydrogen) atoms. The van der Waals surface area contributed by atoms with Crippen molar-refractivity contribution < 1.29 is 4.79 Å². The lowest BCUT2D eigenvalue weighted by molar-refractivity contribution is -0.125. The van der Waals surface area contributed by atoms with Crippen LogP contribution >= 0.6 is 0 Å². The van der Waals surface area contributed by atoms with Crippen molar-refractivity contribution in [1.82, 2.24) is 5.32 Å². The fourth-order valence-electron chi connectivity index (χ4n) is 1.28. The molecule has 2 unspecified atom stereocenters. The maximum atomic E-state index is 11.2. The molecule has 3 heteroatoms. The van der Waals surface area contributed by atoms with Gasteiger partial charge in [-0.1, -0.05) is 27.2 Å². The van der Waals surface area contributed by atoms with Gasteiger partial charge in [0.25, 0.3) is 0 Å². The first-order chi connectivity index (χ1) is 5.49. The minimum atomic E-state index is -0.552. The van der Waals surface area contributed by atoms with Crippen LogP contribution in [-0.2, 0) is 4.79 Å². The van der Waals surface area contributed by atoms with Crippen LogP contribution in [0.15, 0.2) is 0 Å². The van der Waals surface area contributed by atoms with Crippen molar-refractivity contribution in [2.24, 2.45) is 11.7 Å². The molecular formula is C9H20N2O. The number of hydrogen-bond acceptors (Lipinski definition) is 2. The number of carbonyl (C=O) groups excluding carboxylic acids is 1. The molecule has 0 rings (SSSR count). The van der Waals surface area contributed by atoms with Crippen LogP contribution in [0, 0.1) is 5.92 Å². The fourth-order valence-corrected chi connectivity index (χ4v) is 1.28. The summed E-state index contributed by atoms with van der Waals surface area (Å²) in [5.41, 5.74) is 4.78. The van der Waals surface area contributed by atoms with Gasteiger partial charge in [-0.3, -0.25) is 4.79 Å². The van der Waals surface area contributed by atoms with Gasteiger partial charge < -0.3 is 11.1 Å². The van der Waals surface area contributed by atoms with Crippen molar-refractivity contribution in [1.29, 1.82) is 0 Å². The van der Waals surface area contributed by atoms with E-state index in [9.17, 15) is 4.79 Å². The summed E-state index contributed by atoms with van der Waals surface area (Å²) in [6, 6.07) is 0. The molecule has 0 spiro atoms. The molecule has 1 amide bonds. The zero-order valence-corrected chi connectivity index (χ0v) is 8.48. The van der Waals surface area contributed by atoms with Gasteiger partial charge in [0.2, 0.25) is 5.91 Å². The highest BCUT2D eigenvalue weighted by Crippen LogP contribution is 2.19. The standard InChI is InChI=1S/C9H20N2O/c1-5-7(3)9(4,8(10)12)11-6-2/h7,11H,5-6H2,1-4H3,(H2,10,12). The van der Waals surface area contributed by atoms with Crippen LogP contribution in [0.2, 0.25) is 0 Å². The number of hydrogen-bond donors (Lipinski definition) is 2. The maximum Gasteiger partial charge on any atom is 0.237 e. The van der Waals surface area contributed by atoms with E-state index in [0.717, 1.165) is 13.0 Å². The lowest BCUT2D eigenvalue weighted by atomic mass is 9.84. The van der Waals surface area contributed by atoms with Gasteiger partial charge in [-0.25, -0.2) is 0 Å². The Morgan fingerprint density at radius 3 is 2.33 bits per heavy atom. The Labute approximate surface area is 74.7 Å². The molecule has 0 heterocycles. The zero-order chi connectivity index (χ0) is 9.78. The Bertz CT molecular complexity index is 159. The molecule has 3 nitrogen and oxygen atoms in total. The number of likely N-dealkylation sites (N-methyl/N-ethyl adjacent to an activating group) is 1. The number of primary amides is 1. The quantitative estimate of drug-likeness (QED) is 0.647. The SMILES string of the molecule is CCNC(C)(C(N)=O)C(C)CC. The minimum absolute atomic E-state index is 0.265. The number of nitrogens with two attached hydrogens (primary N) is 1. The minimum Gasteiger partial charge on any atom is -0.368 e. The van der Waals surface area contributed by atoms with Crippen LogP contribution < -0.4 is 11.1 Å². The maximum absolute atomic E-state index is 11.2. The normalized spacial score (nSPS) is 18.3. The van der Waals surface area contributed by atoms with Crippen LogP contribution in [0.3, 0.4) is 0 Å². The highest BCUT2D eigenvalue weighted by atomic mass is 16.1. The summed E-state index contributed by atoms with van der Waals surface area (Å²) in [7, 11) is 0. The molecule has 72 valence electrons. The van der Waals surface area contributed by atoms with Gasteiger partial charge in [-0.2, -0.15) is 0 Å². The summed E-state index contributed by atoms with van der Waals surface area (Å²) in [6.07, 6.45) is 0.951. The van der Waals surface area contributed by atoms with Crippen molar-refractivity contribution >= 4 is 5.91 Å². The van der Waals surface area contributed by atoms with Crippen LogP contribution in [-0.4, -0.2) is 18.0 Å². The molecule has 0 radical (unpaired) electrons. The molecule has 0 saturated carbocycles. The van der Waals surface area contributed by atoms with Crippen molar-refractivity contribution in [3.63, 3.8) is 0 Å². The first kappa shape index (κ1) is 11.4. The fraction of sp³-hybridized carbons (Fsp3) is 0.889. The Morgan fingerprint density at radius 1 is 1.58 bits per heavy atom. The summed E-state index contributed by atoms with van der Waals surface area (Å²) in [5, 5.41) is 3.13. The molecular weight excluding hydrogens is 152 g/mol. The largest absolute Gasteiger partial charge is 0.368 e. The summed E-state index contributed by atoms with van der Waals surface area (Å²) in [5.74, 6) is 0.00801. The van der Waals surface area contributed by atoms with Crippen molar-refractivity contribution in [2.45, 2.75) is 39.7 Å². The van der Waals surface area contributed by atoms with Gasteiger partial charge in [-0.15, -0.1) is 0 Å². The molecule has 0 aliphatic carbocycles. The predicted molar refractivity (Wildman–Crippen MR) is 50.7 cm³/mol. The number of rotatable bonds is 5. The second kappa shape index (κ2) is 4.45. The van der Waals surface area contributed by atoms with E-state index in [1.165, 1.54) is 0 Å². The monoisotopic (exact) mass is 172 g/mol. The van der Waals surface area contributed by atoms with Crippen LogP contribution in [0.1, 0.15) is 34.1 Å². The van der Waals surface area contributed by atoms with Crippen molar-refractivity contribution in [2.75, 3.05) is 6.54 Å². The molecule has 0 aliphatic heterocycles. The number of amides is 1. The smallest absolute Gasteiger partial charge is 0.237 e. The Balaban J connectivity index is 4.48. The van der Waals surface area contributed by atoms with Crippen LogP contribution in [0.25, 0.3) is 0 Å². The first-order valence-corrected chi connectivity index (χ1v) is 4.53. The van der Waals surface area contributed by atoms with Gasteiger partial charge >= 0.3 is 0 Å². The highest BCUT2D eigenvalue weighted by Gasteiger charge is 2.34. The van der Waals surface area contributed by atoms with Gasteiger partial charge in [0.15, 0.2) is 0 Å². The molecule has 0 aromatic carbocycles. The molecule has 0 aliphatic rings. The van der Waals surface area contributed by atoms with E-state index in [1.807, 2.05) is 20.8 Å². The lowest BCUT2D eigenvalue weighted by Gasteiger charge is -2.32. The zero-order valence-electron chi connectivity index (χ0n) is 8.48. The second-order valence-electron chi connectivity index (χ2n) is 3.41. The molecule has 0 bridgehead atoms. The lowest BCUT2D eigenvalue weighted by Crippen LogP contribution is -2.57. The van der Waals surface area contributed by atoms with Gasteiger partial charge in [-0.05, 0) is 19.4 Å². The number of nitrogens with one attached hydrogen (secondary N) is 1. The van der Waals surface area contributed by atoms with E-state index in [2.05, 4.69) is 12.2 Å². The van der Waals surface area contributed by atoms with E-state index in [4.69, 9.17) is 5.73 Å². The van der Waals surface area contributed by atoms with Crippen LogP contribution in [0.5, 0.6) is 0 Å². The molecule has 0 aromatic heterocycles. The predicted octanol–water partition coefficient (Wildman–Crippen LogP) is 0.886. The highest BCUT2D eigenvalue weighted by molar-refractivity contribution is 5.84. The molecule has 0 saturated heterocycles. The van der Waals surface area contributed by atoms with Crippen molar-refractivity contribution in [3.05, 3.63) is 0 Å². The number of carbonyl (C=O) groups is 1. The molecule has 0 aromatic rings. The summed E-state index contributed by atoms with van der Waals surface area (Å²) in [6.45, 7) is 8.71. The summed E-state index contributed by atoms with van der Waals surface area (Å²) >= 11 is 0. The second-order valence-corrected chi connectivity index (χ2v) is 3.41. The third kappa shape index (κ3) is 2.21. The summed E-state index contributed by atoms with van der Waals surface area (Å²) in [4.78, 5) is 11.2. The van der Waals surface area contributed by atoms with Gasteiger partial charge in [0, 0.05) is 0 Å². The van der Waals surface area contributed by atoms with Gasteiger partial charge in [0.05, 0.1) is 5.54 Å². The Morgan fingerprint density at radius 2 is 2.08 bits per heavy atom. The molecule has 2 atom stereocenters. The average Bonchev–Trinajstić information content (AvgIpc) is 2.03. The van der Waals surface area contributed by atoms with E-state index >= 15 is 0 Å². The van der Waals surface area contributed by atoms with E-state index < -0.39 is 5.54 Å². The van der Waals surface area contributed by atoms with E-state index in [1.54, 1.807) is 0 Å². The molecule has 3 N–H and O–H groups in total.